The van der Waals surface area contributed by atoms with Gasteiger partial charge in [0.15, 0.2) is 0 Å². The number of para-hydroxylation sites is 1. The summed E-state index contributed by atoms with van der Waals surface area (Å²) < 4.78 is 15.4. The molecule has 0 radical (unpaired) electrons. The number of morpholine rings is 1. The minimum Gasteiger partial charge on any atom is -0.517 e. The Morgan fingerprint density at radius 1 is 1.09 bits per heavy atom. The van der Waals surface area contributed by atoms with Crippen LogP contribution in [0.1, 0.15) is 38.7 Å². The number of anilines is 1. The number of fused-ring (bicyclic) bond motifs is 1. The second-order valence-electron chi connectivity index (χ2n) is 9.94. The standard InChI is InChI=1S/C9H11ClN3O2.C8H10O.C8H14O.C7H5N2.K/c1-14-7-6-11-9(10)12-8(7)13-2-4-15-5-3-13;1-7-3-5-8(9-2)6-4-7;1-3-6(2)8(9)7-4-5-7;1-2-4-7-6(3-1)5-8-9-7;/h2-5H2,1H3;3-6H,1-2H3;6-7H,3-5H2,1-2H3;1-4H,(H,8,9);/q-1;;;-1;+1. The first-order valence-electron chi connectivity index (χ1n) is 14.1. The Balaban J connectivity index is 0.000000205. The molecule has 1 saturated heterocycles. The van der Waals surface area contributed by atoms with Gasteiger partial charge in [-0.2, -0.15) is 6.07 Å². The molecule has 2 aliphatic rings. The van der Waals surface area contributed by atoms with Crippen molar-refractivity contribution in [3.63, 3.8) is 0 Å². The van der Waals surface area contributed by atoms with Crippen LogP contribution in [0.2, 0.25) is 5.28 Å². The van der Waals surface area contributed by atoms with Crippen LogP contribution >= 0.6 is 11.6 Å². The fourth-order valence-corrected chi connectivity index (χ4v) is 4.03. The number of carbonyl (C=O) groups is 1. The largest absolute Gasteiger partial charge is 1.00 e. The number of Topliss-reactive ketones (excluding diaryl/α,β-unsaturated/α-hetero) is 1. The zero-order chi connectivity index (χ0) is 30.3. The second-order valence-corrected chi connectivity index (χ2v) is 10.3. The van der Waals surface area contributed by atoms with Gasteiger partial charge in [0.05, 0.1) is 39.0 Å². The topological polar surface area (TPSA) is 102 Å². The summed E-state index contributed by atoms with van der Waals surface area (Å²) in [6, 6.07) is 15.8. The maximum atomic E-state index is 11.1. The van der Waals surface area contributed by atoms with Crippen molar-refractivity contribution in [2.75, 3.05) is 45.4 Å². The van der Waals surface area contributed by atoms with Crippen LogP contribution in [0, 0.1) is 31.2 Å². The number of ketones is 1. The molecule has 1 saturated carbocycles. The number of rotatable bonds is 6. The van der Waals surface area contributed by atoms with Crippen LogP contribution in [0.25, 0.3) is 10.9 Å². The molecule has 2 aromatic carbocycles. The second kappa shape index (κ2) is 20.1. The number of halogens is 1. The van der Waals surface area contributed by atoms with E-state index in [9.17, 15) is 4.79 Å². The first kappa shape index (κ1) is 37.1. The third-order valence-corrected chi connectivity index (χ3v) is 6.95. The maximum Gasteiger partial charge on any atom is 1.00 e. The molecule has 6 rings (SSSR count). The Kier molecular flexibility index (Phi) is 17.3. The van der Waals surface area contributed by atoms with E-state index in [1.165, 1.54) is 5.56 Å². The number of methoxy groups -OCH3 is 2. The molecule has 0 amide bonds. The number of ether oxygens (including phenoxy) is 3. The minimum absolute atomic E-state index is 0. The summed E-state index contributed by atoms with van der Waals surface area (Å²) in [6.07, 6.45) is 8.84. The van der Waals surface area contributed by atoms with E-state index in [0.717, 1.165) is 49.0 Å². The Hall–Kier alpha value is -2.05. The molecule has 1 aliphatic heterocycles. The number of nitrogens with one attached hydrogen (secondary N) is 1. The Morgan fingerprint density at radius 3 is 2.35 bits per heavy atom. The molecule has 3 heterocycles. The molecule has 4 aromatic rings. The van der Waals surface area contributed by atoms with Crippen LogP contribution in [0.3, 0.4) is 0 Å². The van der Waals surface area contributed by atoms with E-state index in [2.05, 4.69) is 46.4 Å². The summed E-state index contributed by atoms with van der Waals surface area (Å²) in [7, 11) is 3.23. The number of H-pyrrole nitrogens is 1. The van der Waals surface area contributed by atoms with E-state index in [0.29, 0.717) is 42.4 Å². The summed E-state index contributed by atoms with van der Waals surface area (Å²) >= 11 is 5.73. The van der Waals surface area contributed by atoms with Gasteiger partial charge in [-0.05, 0) is 56.2 Å². The molecule has 1 aliphatic carbocycles. The number of aromatic amines is 1. The van der Waals surface area contributed by atoms with E-state index in [4.69, 9.17) is 25.8 Å². The Labute approximate surface area is 302 Å². The van der Waals surface area contributed by atoms with Crippen LogP contribution in [-0.2, 0) is 9.53 Å². The molecular weight excluding hydrogens is 593 g/mol. The molecule has 9 nitrogen and oxygen atoms in total. The first-order valence-corrected chi connectivity index (χ1v) is 14.5. The van der Waals surface area contributed by atoms with Crippen LogP contribution in [0.5, 0.6) is 11.5 Å². The quantitative estimate of drug-likeness (QED) is 0.197. The number of hydrogen-bond donors (Lipinski definition) is 1. The van der Waals surface area contributed by atoms with Crippen molar-refractivity contribution < 1.29 is 70.4 Å². The Morgan fingerprint density at radius 2 is 1.77 bits per heavy atom. The molecule has 1 N–H and O–H groups in total. The zero-order valence-corrected chi connectivity index (χ0v) is 29.9. The summed E-state index contributed by atoms with van der Waals surface area (Å²) in [5.74, 6) is 3.39. The predicted octanol–water partition coefficient (Wildman–Crippen LogP) is 3.16. The summed E-state index contributed by atoms with van der Waals surface area (Å²) in [4.78, 5) is 21.1. The van der Waals surface area contributed by atoms with E-state index in [1.807, 2.05) is 60.4 Å². The van der Waals surface area contributed by atoms with Crippen molar-refractivity contribution in [2.24, 2.45) is 11.8 Å². The van der Waals surface area contributed by atoms with Gasteiger partial charge >= 0.3 is 51.4 Å². The maximum absolute atomic E-state index is 11.1. The number of aryl methyl sites for hydroxylation is 1. The molecule has 43 heavy (non-hydrogen) atoms. The van der Waals surface area contributed by atoms with Gasteiger partial charge in [-0.25, -0.2) is 0 Å². The molecule has 0 spiro atoms. The van der Waals surface area contributed by atoms with Crippen molar-refractivity contribution in [3.8, 4) is 11.5 Å². The zero-order valence-electron chi connectivity index (χ0n) is 26.0. The summed E-state index contributed by atoms with van der Waals surface area (Å²) in [6.45, 7) is 9.08. The molecular formula is C32H40ClKN5O4-. The van der Waals surface area contributed by atoms with Gasteiger partial charge < -0.3 is 34.2 Å². The monoisotopic (exact) mass is 632 g/mol. The normalized spacial score (nSPS) is 14.3. The van der Waals surface area contributed by atoms with Crippen LogP contribution in [0.15, 0.2) is 48.5 Å². The summed E-state index contributed by atoms with van der Waals surface area (Å²) in [5.41, 5.74) is 2.30. The van der Waals surface area contributed by atoms with Crippen molar-refractivity contribution in [2.45, 2.75) is 40.0 Å². The van der Waals surface area contributed by atoms with Crippen molar-refractivity contribution in [1.29, 1.82) is 0 Å². The van der Waals surface area contributed by atoms with Gasteiger partial charge in [0.25, 0.3) is 0 Å². The summed E-state index contributed by atoms with van der Waals surface area (Å²) in [5, 5.41) is 7.78. The smallest absolute Gasteiger partial charge is 0.517 e. The molecule has 0 bridgehead atoms. The van der Waals surface area contributed by atoms with Crippen LogP contribution < -0.4 is 65.8 Å². The molecule has 11 heteroatoms. The number of benzene rings is 2. The van der Waals surface area contributed by atoms with Gasteiger partial charge in [0.1, 0.15) is 16.8 Å². The third-order valence-electron chi connectivity index (χ3n) is 6.78. The number of hydrogen-bond acceptors (Lipinski definition) is 8. The van der Waals surface area contributed by atoms with Crippen molar-refractivity contribution >= 4 is 34.1 Å². The molecule has 2 aromatic heterocycles. The third kappa shape index (κ3) is 12.8. The van der Waals surface area contributed by atoms with Gasteiger partial charge in [-0.3, -0.25) is 9.89 Å². The fourth-order valence-electron chi connectivity index (χ4n) is 3.91. The molecule has 226 valence electrons. The molecule has 1 unspecified atom stereocenters. The fraction of sp³-hybridized carbons (Fsp3) is 0.438. The SMILES string of the molecule is CCC(C)C(=O)C1CC1.COc1[c-]nc(Cl)nc1N1CCOCC1.COc1ccc(C)cc1.[K+].[c-]1n[nH]c2ccccc12. The van der Waals surface area contributed by atoms with Gasteiger partial charge in [0, 0.05) is 24.9 Å². The molecule has 1 atom stereocenters. The van der Waals surface area contributed by atoms with E-state index >= 15 is 0 Å². The molecule has 2 fully saturated rings. The van der Waals surface area contributed by atoms with E-state index < -0.39 is 0 Å². The van der Waals surface area contributed by atoms with Gasteiger partial charge in [-0.15, -0.1) is 23.1 Å². The van der Waals surface area contributed by atoms with Gasteiger partial charge in [-0.1, -0.05) is 43.7 Å². The minimum atomic E-state index is 0. The van der Waals surface area contributed by atoms with Crippen molar-refractivity contribution in [1.82, 2.24) is 20.2 Å². The Bertz CT molecular complexity index is 1330. The van der Waals surface area contributed by atoms with Crippen LogP contribution in [-0.4, -0.2) is 66.5 Å². The van der Waals surface area contributed by atoms with Crippen molar-refractivity contribution in [3.05, 3.63) is 71.8 Å². The predicted molar refractivity (Wildman–Crippen MR) is 165 cm³/mol. The van der Waals surface area contributed by atoms with E-state index in [-0.39, 0.29) is 56.7 Å². The average molecular weight is 633 g/mol. The van der Waals surface area contributed by atoms with Gasteiger partial charge in [0.2, 0.25) is 0 Å². The van der Waals surface area contributed by atoms with E-state index in [1.54, 1.807) is 14.2 Å². The number of aromatic nitrogens is 4. The first-order chi connectivity index (χ1) is 20.4. The number of nitrogens with zero attached hydrogens (tertiary/aromatic N) is 4. The average Bonchev–Trinajstić information content (AvgIpc) is 3.78. The number of carbonyl (C=O) groups excluding carboxylic acids is 1. The van der Waals surface area contributed by atoms with Crippen LogP contribution in [0.4, 0.5) is 5.82 Å².